The SMILES string of the molecule is CCCCCCCC(CC)c1ccccc1C(=O)O. The number of carboxylic acids is 1. The van der Waals surface area contributed by atoms with E-state index >= 15 is 0 Å². The number of rotatable bonds is 9. The Morgan fingerprint density at radius 3 is 2.42 bits per heavy atom. The van der Waals surface area contributed by atoms with Crippen LogP contribution in [0.4, 0.5) is 0 Å². The van der Waals surface area contributed by atoms with Crippen molar-refractivity contribution in [2.75, 3.05) is 0 Å². The lowest BCUT2D eigenvalue weighted by molar-refractivity contribution is 0.0695. The Kier molecular flexibility index (Phi) is 7.24. The first-order valence-electron chi connectivity index (χ1n) is 7.52. The maximum absolute atomic E-state index is 11.3. The van der Waals surface area contributed by atoms with Crippen LogP contribution in [-0.4, -0.2) is 11.1 Å². The third-order valence-electron chi connectivity index (χ3n) is 3.78. The first kappa shape index (κ1) is 15.7. The summed E-state index contributed by atoms with van der Waals surface area (Å²) in [6.07, 6.45) is 8.45. The Morgan fingerprint density at radius 1 is 1.11 bits per heavy atom. The molecule has 1 unspecified atom stereocenters. The molecule has 1 rings (SSSR count). The lowest BCUT2D eigenvalue weighted by atomic mass is 9.87. The van der Waals surface area contributed by atoms with Gasteiger partial charge in [0.25, 0.3) is 0 Å². The molecule has 0 spiro atoms. The Morgan fingerprint density at radius 2 is 1.79 bits per heavy atom. The number of carbonyl (C=O) groups is 1. The van der Waals surface area contributed by atoms with E-state index in [0.717, 1.165) is 18.4 Å². The molecule has 1 aromatic rings. The zero-order valence-electron chi connectivity index (χ0n) is 12.2. The minimum Gasteiger partial charge on any atom is -0.478 e. The normalized spacial score (nSPS) is 12.3. The van der Waals surface area contributed by atoms with Crippen molar-refractivity contribution in [1.29, 1.82) is 0 Å². The Balaban J connectivity index is 2.61. The van der Waals surface area contributed by atoms with Gasteiger partial charge in [0.15, 0.2) is 0 Å². The van der Waals surface area contributed by atoms with Crippen molar-refractivity contribution < 1.29 is 9.90 Å². The van der Waals surface area contributed by atoms with Crippen molar-refractivity contribution in [2.24, 2.45) is 0 Å². The van der Waals surface area contributed by atoms with Gasteiger partial charge in [0, 0.05) is 0 Å². The van der Waals surface area contributed by atoms with Crippen molar-refractivity contribution in [3.05, 3.63) is 35.4 Å². The van der Waals surface area contributed by atoms with Gasteiger partial charge in [0.1, 0.15) is 0 Å². The lowest BCUT2D eigenvalue weighted by Gasteiger charge is -2.17. The van der Waals surface area contributed by atoms with Crippen molar-refractivity contribution in [3.63, 3.8) is 0 Å². The smallest absolute Gasteiger partial charge is 0.335 e. The molecule has 0 fully saturated rings. The summed E-state index contributed by atoms with van der Waals surface area (Å²) in [6.45, 7) is 4.37. The molecule has 19 heavy (non-hydrogen) atoms. The van der Waals surface area contributed by atoms with Gasteiger partial charge in [-0.3, -0.25) is 0 Å². The lowest BCUT2D eigenvalue weighted by Crippen LogP contribution is -2.07. The highest BCUT2D eigenvalue weighted by atomic mass is 16.4. The van der Waals surface area contributed by atoms with Crippen molar-refractivity contribution in [3.8, 4) is 0 Å². The number of carboxylic acid groups (broad SMARTS) is 1. The van der Waals surface area contributed by atoms with Crippen LogP contribution < -0.4 is 0 Å². The summed E-state index contributed by atoms with van der Waals surface area (Å²) < 4.78 is 0. The molecule has 0 saturated heterocycles. The fraction of sp³-hybridized carbons (Fsp3) is 0.588. The van der Waals surface area contributed by atoms with Crippen molar-refractivity contribution >= 4 is 5.97 Å². The van der Waals surface area contributed by atoms with Crippen molar-refractivity contribution in [2.45, 2.75) is 64.7 Å². The largest absolute Gasteiger partial charge is 0.478 e. The van der Waals surface area contributed by atoms with Crippen LogP contribution >= 0.6 is 0 Å². The van der Waals surface area contributed by atoms with E-state index in [0.29, 0.717) is 11.5 Å². The number of aromatic carboxylic acids is 1. The van der Waals surface area contributed by atoms with E-state index in [2.05, 4.69) is 13.8 Å². The number of hydrogen-bond donors (Lipinski definition) is 1. The zero-order valence-corrected chi connectivity index (χ0v) is 12.2. The van der Waals surface area contributed by atoms with E-state index in [1.54, 1.807) is 12.1 Å². The second-order valence-electron chi connectivity index (χ2n) is 5.20. The van der Waals surface area contributed by atoms with Gasteiger partial charge in [0.2, 0.25) is 0 Å². The molecule has 2 nitrogen and oxygen atoms in total. The van der Waals surface area contributed by atoms with Gasteiger partial charge in [-0.1, -0.05) is 64.2 Å². The molecule has 0 aliphatic rings. The molecule has 0 radical (unpaired) electrons. The molecule has 0 amide bonds. The quantitative estimate of drug-likeness (QED) is 0.618. The maximum atomic E-state index is 11.3. The van der Waals surface area contributed by atoms with Gasteiger partial charge in [-0.05, 0) is 30.4 Å². The van der Waals surface area contributed by atoms with E-state index in [1.165, 1.54) is 32.1 Å². The fourth-order valence-corrected chi connectivity index (χ4v) is 2.62. The summed E-state index contributed by atoms with van der Waals surface area (Å²) in [5, 5.41) is 9.25. The summed E-state index contributed by atoms with van der Waals surface area (Å²) in [7, 11) is 0. The van der Waals surface area contributed by atoms with Crippen LogP contribution in [0.2, 0.25) is 0 Å². The van der Waals surface area contributed by atoms with E-state index in [9.17, 15) is 9.90 Å². The first-order chi connectivity index (χ1) is 9.20. The van der Waals surface area contributed by atoms with Crippen LogP contribution in [-0.2, 0) is 0 Å². The molecular weight excluding hydrogens is 236 g/mol. The summed E-state index contributed by atoms with van der Waals surface area (Å²) in [5.74, 6) is -0.422. The van der Waals surface area contributed by atoms with E-state index in [1.807, 2.05) is 12.1 Å². The Bertz CT molecular complexity index is 385. The highest BCUT2D eigenvalue weighted by Crippen LogP contribution is 2.28. The second-order valence-corrected chi connectivity index (χ2v) is 5.20. The van der Waals surface area contributed by atoms with Gasteiger partial charge in [-0.2, -0.15) is 0 Å². The standard InChI is InChI=1S/C17H26O2/c1-3-5-6-7-8-11-14(4-2)15-12-9-10-13-16(15)17(18)19/h9-10,12-14H,3-8,11H2,1-2H3,(H,18,19). The van der Waals surface area contributed by atoms with E-state index < -0.39 is 5.97 Å². The highest BCUT2D eigenvalue weighted by molar-refractivity contribution is 5.89. The molecule has 0 bridgehead atoms. The average molecular weight is 262 g/mol. The van der Waals surface area contributed by atoms with Crippen LogP contribution in [0.1, 0.15) is 80.6 Å². The monoisotopic (exact) mass is 262 g/mol. The molecule has 2 heteroatoms. The molecule has 0 saturated carbocycles. The van der Waals surface area contributed by atoms with Crippen LogP contribution in [0.15, 0.2) is 24.3 Å². The van der Waals surface area contributed by atoms with Gasteiger partial charge in [-0.15, -0.1) is 0 Å². The Labute approximate surface area is 116 Å². The predicted molar refractivity (Wildman–Crippen MR) is 79.8 cm³/mol. The minimum absolute atomic E-state index is 0.383. The molecule has 1 aromatic carbocycles. The Hall–Kier alpha value is -1.31. The highest BCUT2D eigenvalue weighted by Gasteiger charge is 2.16. The van der Waals surface area contributed by atoms with E-state index in [4.69, 9.17) is 0 Å². The minimum atomic E-state index is -0.806. The van der Waals surface area contributed by atoms with Gasteiger partial charge < -0.3 is 5.11 Å². The van der Waals surface area contributed by atoms with Crippen LogP contribution in [0.3, 0.4) is 0 Å². The summed E-state index contributed by atoms with van der Waals surface area (Å²) in [5.41, 5.74) is 1.48. The van der Waals surface area contributed by atoms with Crippen molar-refractivity contribution in [1.82, 2.24) is 0 Å². The third kappa shape index (κ3) is 5.06. The van der Waals surface area contributed by atoms with Gasteiger partial charge in [-0.25, -0.2) is 4.79 Å². The molecule has 106 valence electrons. The number of hydrogen-bond acceptors (Lipinski definition) is 1. The van der Waals surface area contributed by atoms with E-state index in [-0.39, 0.29) is 0 Å². The summed E-state index contributed by atoms with van der Waals surface area (Å²) in [6, 6.07) is 7.45. The molecule has 0 aromatic heterocycles. The maximum Gasteiger partial charge on any atom is 0.335 e. The predicted octanol–water partition coefficient (Wildman–Crippen LogP) is 5.24. The van der Waals surface area contributed by atoms with Crippen LogP contribution in [0.25, 0.3) is 0 Å². The average Bonchev–Trinajstić information content (AvgIpc) is 2.43. The van der Waals surface area contributed by atoms with Crippen LogP contribution in [0.5, 0.6) is 0 Å². The number of benzene rings is 1. The molecular formula is C17H26O2. The molecule has 1 N–H and O–H groups in total. The molecule has 0 aliphatic carbocycles. The third-order valence-corrected chi connectivity index (χ3v) is 3.78. The zero-order chi connectivity index (χ0) is 14.1. The summed E-state index contributed by atoms with van der Waals surface area (Å²) in [4.78, 5) is 11.3. The molecule has 1 atom stereocenters. The van der Waals surface area contributed by atoms with Gasteiger partial charge in [0.05, 0.1) is 5.56 Å². The first-order valence-corrected chi connectivity index (χ1v) is 7.52. The number of unbranched alkanes of at least 4 members (excludes halogenated alkanes) is 4. The molecule has 0 aliphatic heterocycles. The second kappa shape index (κ2) is 8.73. The fourth-order valence-electron chi connectivity index (χ4n) is 2.62. The van der Waals surface area contributed by atoms with Crippen LogP contribution in [0, 0.1) is 0 Å². The topological polar surface area (TPSA) is 37.3 Å². The summed E-state index contributed by atoms with van der Waals surface area (Å²) >= 11 is 0. The van der Waals surface area contributed by atoms with Gasteiger partial charge >= 0.3 is 5.97 Å². The molecule has 0 heterocycles.